The van der Waals surface area contributed by atoms with E-state index >= 15 is 0 Å². The van der Waals surface area contributed by atoms with Gasteiger partial charge < -0.3 is 20.7 Å². The van der Waals surface area contributed by atoms with Crippen LogP contribution in [0.3, 0.4) is 0 Å². The summed E-state index contributed by atoms with van der Waals surface area (Å²) in [5.41, 5.74) is -0.127. The second-order valence-corrected chi connectivity index (χ2v) is 7.91. The van der Waals surface area contributed by atoms with Crippen molar-refractivity contribution in [2.45, 2.75) is 25.0 Å². The van der Waals surface area contributed by atoms with E-state index in [4.69, 9.17) is 8.85 Å². The quantitative estimate of drug-likeness (QED) is 0.366. The van der Waals surface area contributed by atoms with E-state index in [9.17, 15) is 14.0 Å². The fraction of sp³-hybridized carbons (Fsp3) is 0.261. The summed E-state index contributed by atoms with van der Waals surface area (Å²) in [5.74, 6) is -0.609. The summed E-state index contributed by atoms with van der Waals surface area (Å²) < 4.78 is 43.6. The molecule has 4 heterocycles. The molecule has 4 aromatic heterocycles. The number of nitrogens with one attached hydrogen (secondary N) is 3. The number of anilines is 3. The Morgan fingerprint density at radius 3 is 2.94 bits per heavy atom. The van der Waals surface area contributed by atoms with Gasteiger partial charge >= 0.3 is 0 Å². The average molecular weight is 482 g/mol. The van der Waals surface area contributed by atoms with Gasteiger partial charge in [-0.25, -0.2) is 14.4 Å². The van der Waals surface area contributed by atoms with E-state index in [1.165, 1.54) is 41.3 Å². The molecule has 1 aliphatic rings. The Hall–Kier alpha value is -4.32. The summed E-state index contributed by atoms with van der Waals surface area (Å²) in [4.78, 5) is 34.6. The number of fused-ring (bicyclic) bond motifs is 1. The van der Waals surface area contributed by atoms with Gasteiger partial charge in [0, 0.05) is 32.5 Å². The predicted molar refractivity (Wildman–Crippen MR) is 127 cm³/mol. The van der Waals surface area contributed by atoms with Gasteiger partial charge in [0.05, 0.1) is 22.5 Å². The molecule has 0 aliphatic heterocycles. The average Bonchev–Trinajstić information content (AvgIpc) is 3.30. The second-order valence-electron chi connectivity index (χ2n) is 7.91. The third-order valence-corrected chi connectivity index (χ3v) is 5.83. The molecule has 0 aromatic carbocycles. The fourth-order valence-electron chi connectivity index (χ4n) is 3.84. The summed E-state index contributed by atoms with van der Waals surface area (Å²) in [6.07, 6.45) is 4.61. The SMILES string of the molecule is [2H]C([2H])([2H])O[C@@H]1CCC1NC(=O)c1cnn2c(NC)cc(Nc3cccn(-c4ncccc4F)c3=O)nc12. The third-order valence-electron chi connectivity index (χ3n) is 5.83. The zero-order valence-electron chi connectivity index (χ0n) is 21.5. The summed E-state index contributed by atoms with van der Waals surface area (Å²) in [6, 6.07) is 6.83. The highest BCUT2D eigenvalue weighted by Crippen LogP contribution is 2.25. The van der Waals surface area contributed by atoms with E-state index in [1.807, 2.05) is 0 Å². The van der Waals surface area contributed by atoms with E-state index in [0.29, 0.717) is 18.7 Å². The minimum Gasteiger partial charge on any atom is -0.379 e. The number of halogens is 1. The number of hydrogen-bond acceptors (Lipinski definition) is 8. The normalized spacial score (nSPS) is 18.7. The first-order chi connectivity index (χ1) is 18.1. The van der Waals surface area contributed by atoms with Crippen molar-refractivity contribution in [3.63, 3.8) is 0 Å². The molecule has 1 unspecified atom stereocenters. The van der Waals surface area contributed by atoms with Gasteiger partial charge in [-0.15, -0.1) is 0 Å². The molecule has 35 heavy (non-hydrogen) atoms. The largest absolute Gasteiger partial charge is 0.379 e. The smallest absolute Gasteiger partial charge is 0.280 e. The molecule has 5 rings (SSSR count). The van der Waals surface area contributed by atoms with E-state index in [-0.39, 0.29) is 28.5 Å². The molecule has 11 nitrogen and oxygen atoms in total. The van der Waals surface area contributed by atoms with E-state index < -0.39 is 36.5 Å². The summed E-state index contributed by atoms with van der Waals surface area (Å²) in [6.45, 7) is 0. The van der Waals surface area contributed by atoms with Crippen molar-refractivity contribution in [3.05, 3.63) is 70.7 Å². The lowest BCUT2D eigenvalue weighted by Gasteiger charge is -2.35. The van der Waals surface area contributed by atoms with Crippen molar-refractivity contribution in [2.24, 2.45) is 0 Å². The Balaban J connectivity index is 1.44. The monoisotopic (exact) mass is 481 g/mol. The van der Waals surface area contributed by atoms with Crippen molar-refractivity contribution in [1.82, 2.24) is 29.5 Å². The highest BCUT2D eigenvalue weighted by Gasteiger charge is 2.33. The first-order valence-corrected chi connectivity index (χ1v) is 10.8. The number of aromatic nitrogens is 5. The van der Waals surface area contributed by atoms with Crippen LogP contribution in [0.15, 0.2) is 53.7 Å². The maximum atomic E-state index is 14.3. The number of methoxy groups -OCH3 is 1. The Labute approximate surface area is 203 Å². The molecule has 0 spiro atoms. The summed E-state index contributed by atoms with van der Waals surface area (Å²) >= 11 is 0. The molecule has 2 atom stereocenters. The molecule has 1 saturated carbocycles. The second kappa shape index (κ2) is 9.14. The molecule has 1 fully saturated rings. The van der Waals surface area contributed by atoms with Crippen LogP contribution in [0, 0.1) is 5.82 Å². The Bertz CT molecular complexity index is 1570. The number of hydrogen-bond donors (Lipinski definition) is 3. The molecule has 0 radical (unpaired) electrons. The summed E-state index contributed by atoms with van der Waals surface area (Å²) in [7, 11) is -0.898. The number of carbonyl (C=O) groups is 1. The molecular formula is C23H23FN8O3. The molecule has 4 aromatic rings. The number of pyridine rings is 2. The lowest BCUT2D eigenvalue weighted by Crippen LogP contribution is -2.51. The van der Waals surface area contributed by atoms with Crippen LogP contribution < -0.4 is 21.5 Å². The van der Waals surface area contributed by atoms with Gasteiger partial charge in [-0.05, 0) is 37.1 Å². The van der Waals surface area contributed by atoms with Crippen LogP contribution in [0.4, 0.5) is 21.7 Å². The molecule has 1 aliphatic carbocycles. The van der Waals surface area contributed by atoms with Crippen molar-refractivity contribution >= 4 is 28.9 Å². The van der Waals surface area contributed by atoms with Gasteiger partial charge in [0.15, 0.2) is 17.3 Å². The molecule has 1 amide bonds. The van der Waals surface area contributed by atoms with Crippen LogP contribution in [0.25, 0.3) is 11.5 Å². The molecule has 180 valence electrons. The van der Waals surface area contributed by atoms with Gasteiger partial charge in [-0.2, -0.15) is 9.61 Å². The molecule has 0 saturated heterocycles. The first-order valence-electron chi connectivity index (χ1n) is 12.3. The number of amides is 1. The Morgan fingerprint density at radius 1 is 1.31 bits per heavy atom. The van der Waals surface area contributed by atoms with Crippen LogP contribution in [-0.2, 0) is 4.74 Å². The van der Waals surface area contributed by atoms with Crippen molar-refractivity contribution in [1.29, 1.82) is 0 Å². The molecule has 0 bridgehead atoms. The standard InChI is InChI=1S/C23H23FN8O3/c1-25-19-11-18(28-16-6-4-10-31(23(16)34)21-14(24)5-3-9-26-21)30-20-13(12-27-32(19)20)22(33)29-15-7-8-17(15)35-2/h3-6,9-12,15,17,25H,7-8H2,1-2H3,(H,28,30)(H,29,33)/t15?,17-/m1/s1/i2D3. The van der Waals surface area contributed by atoms with Crippen LogP contribution in [-0.4, -0.2) is 56.3 Å². The minimum atomic E-state index is -2.55. The van der Waals surface area contributed by atoms with Gasteiger partial charge in [0.1, 0.15) is 22.9 Å². The minimum absolute atomic E-state index is 0.0982. The van der Waals surface area contributed by atoms with Crippen LogP contribution >= 0.6 is 0 Å². The maximum Gasteiger partial charge on any atom is 0.280 e. The highest BCUT2D eigenvalue weighted by atomic mass is 19.1. The van der Waals surface area contributed by atoms with E-state index in [0.717, 1.165) is 4.57 Å². The lowest BCUT2D eigenvalue weighted by molar-refractivity contribution is 0.00732. The van der Waals surface area contributed by atoms with Gasteiger partial charge in [-0.1, -0.05) is 0 Å². The van der Waals surface area contributed by atoms with Crippen LogP contribution in [0.2, 0.25) is 0 Å². The highest BCUT2D eigenvalue weighted by molar-refractivity contribution is 6.00. The zero-order chi connectivity index (χ0) is 27.0. The predicted octanol–water partition coefficient (Wildman–Crippen LogP) is 2.11. The zero-order valence-corrected chi connectivity index (χ0v) is 18.5. The van der Waals surface area contributed by atoms with Crippen LogP contribution in [0.5, 0.6) is 0 Å². The molecular weight excluding hydrogens is 455 g/mol. The first kappa shape index (κ1) is 19.0. The van der Waals surface area contributed by atoms with E-state index in [1.54, 1.807) is 19.2 Å². The fourth-order valence-corrected chi connectivity index (χ4v) is 3.84. The number of ether oxygens (including phenoxy) is 1. The lowest BCUT2D eigenvalue weighted by atomic mass is 9.89. The topological polar surface area (TPSA) is 127 Å². The number of rotatable bonds is 7. The third kappa shape index (κ3) is 4.08. The Kier molecular flexibility index (Phi) is 4.97. The van der Waals surface area contributed by atoms with Crippen molar-refractivity contribution < 1.29 is 18.0 Å². The van der Waals surface area contributed by atoms with Crippen molar-refractivity contribution in [3.8, 4) is 5.82 Å². The van der Waals surface area contributed by atoms with Gasteiger partial charge in [0.2, 0.25) is 0 Å². The van der Waals surface area contributed by atoms with Crippen LogP contribution in [0.1, 0.15) is 27.3 Å². The summed E-state index contributed by atoms with van der Waals surface area (Å²) in [5, 5.41) is 12.9. The molecule has 12 heteroatoms. The Morgan fingerprint density at radius 2 is 2.20 bits per heavy atom. The maximum absolute atomic E-state index is 14.3. The van der Waals surface area contributed by atoms with Gasteiger partial charge in [-0.3, -0.25) is 14.2 Å². The van der Waals surface area contributed by atoms with Gasteiger partial charge in [0.25, 0.3) is 11.5 Å². The van der Waals surface area contributed by atoms with E-state index in [2.05, 4.69) is 31.0 Å². The number of carbonyl (C=O) groups excluding carboxylic acids is 1. The number of nitrogens with zero attached hydrogens (tertiary/aromatic N) is 5. The van der Waals surface area contributed by atoms with Crippen molar-refractivity contribution in [2.75, 3.05) is 24.7 Å². The molecule has 3 N–H and O–H groups in total.